The SMILES string of the molecule is CC1CC(C23CC4CC(C2)CC(C2CC(C)C(O)C(N)C2C)(C4)C3)C(C)C(N)C1O. The van der Waals surface area contributed by atoms with Gasteiger partial charge in [0.1, 0.15) is 0 Å². The van der Waals surface area contributed by atoms with Crippen molar-refractivity contribution in [2.45, 2.75) is 103 Å². The van der Waals surface area contributed by atoms with Crippen LogP contribution in [0.1, 0.15) is 79.1 Å². The molecule has 4 heteroatoms. The topological polar surface area (TPSA) is 92.5 Å². The molecule has 6 fully saturated rings. The molecule has 4 nitrogen and oxygen atoms in total. The predicted octanol–water partition coefficient (Wildman–Crippen LogP) is 3.53. The zero-order chi connectivity index (χ0) is 21.6. The van der Waals surface area contributed by atoms with Gasteiger partial charge in [0.05, 0.1) is 12.2 Å². The van der Waals surface area contributed by atoms with Crippen LogP contribution < -0.4 is 11.5 Å². The van der Waals surface area contributed by atoms with Crippen molar-refractivity contribution < 1.29 is 10.2 Å². The van der Waals surface area contributed by atoms with E-state index in [9.17, 15) is 10.2 Å². The van der Waals surface area contributed by atoms with E-state index in [2.05, 4.69) is 27.7 Å². The second-order valence-corrected chi connectivity index (χ2v) is 13.2. The minimum atomic E-state index is -0.349. The minimum Gasteiger partial charge on any atom is -0.391 e. The summed E-state index contributed by atoms with van der Waals surface area (Å²) >= 11 is 0. The summed E-state index contributed by atoms with van der Waals surface area (Å²) in [4.78, 5) is 0. The Kier molecular flexibility index (Phi) is 5.18. The Balaban J connectivity index is 1.48. The van der Waals surface area contributed by atoms with Crippen LogP contribution in [0, 0.1) is 58.2 Å². The first-order valence-corrected chi connectivity index (χ1v) is 12.9. The Hall–Kier alpha value is -0.160. The molecule has 10 unspecified atom stereocenters. The molecule has 6 rings (SSSR count). The highest BCUT2D eigenvalue weighted by Gasteiger charge is 2.64. The fourth-order valence-electron chi connectivity index (χ4n) is 10.3. The molecule has 0 aliphatic heterocycles. The molecule has 10 atom stereocenters. The second kappa shape index (κ2) is 7.17. The Labute approximate surface area is 183 Å². The van der Waals surface area contributed by atoms with Gasteiger partial charge in [-0.15, -0.1) is 0 Å². The van der Waals surface area contributed by atoms with Crippen LogP contribution in [0.2, 0.25) is 0 Å². The maximum atomic E-state index is 10.6. The van der Waals surface area contributed by atoms with Crippen molar-refractivity contribution in [3.8, 4) is 0 Å². The Morgan fingerprint density at radius 1 is 0.633 bits per heavy atom. The smallest absolute Gasteiger partial charge is 0.0719 e. The van der Waals surface area contributed by atoms with Gasteiger partial charge in [-0.3, -0.25) is 0 Å². The molecular formula is C26H46N2O2. The van der Waals surface area contributed by atoms with Gasteiger partial charge in [0.25, 0.3) is 0 Å². The van der Waals surface area contributed by atoms with Crippen LogP contribution in [0.3, 0.4) is 0 Å². The summed E-state index contributed by atoms with van der Waals surface area (Å²) in [6, 6.07) is -0.167. The van der Waals surface area contributed by atoms with Crippen molar-refractivity contribution in [3.05, 3.63) is 0 Å². The van der Waals surface area contributed by atoms with Gasteiger partial charge >= 0.3 is 0 Å². The molecule has 0 aromatic carbocycles. The Morgan fingerprint density at radius 3 is 1.37 bits per heavy atom. The first-order valence-electron chi connectivity index (χ1n) is 12.9. The maximum Gasteiger partial charge on any atom is 0.0719 e. The lowest BCUT2D eigenvalue weighted by Gasteiger charge is -2.69. The molecule has 0 amide bonds. The molecule has 0 heterocycles. The molecule has 0 spiro atoms. The molecular weight excluding hydrogens is 372 g/mol. The van der Waals surface area contributed by atoms with Crippen LogP contribution in [0.5, 0.6) is 0 Å². The van der Waals surface area contributed by atoms with Crippen molar-refractivity contribution in [2.75, 3.05) is 0 Å². The third-order valence-corrected chi connectivity index (χ3v) is 11.4. The Bertz CT molecular complexity index is 601. The average Bonchev–Trinajstić information content (AvgIpc) is 2.69. The van der Waals surface area contributed by atoms with Crippen LogP contribution in [-0.4, -0.2) is 34.5 Å². The largest absolute Gasteiger partial charge is 0.391 e. The summed E-state index contributed by atoms with van der Waals surface area (Å²) < 4.78 is 0. The van der Waals surface area contributed by atoms with E-state index >= 15 is 0 Å². The van der Waals surface area contributed by atoms with Crippen LogP contribution >= 0.6 is 0 Å². The van der Waals surface area contributed by atoms with Crippen LogP contribution in [0.4, 0.5) is 0 Å². The van der Waals surface area contributed by atoms with E-state index in [4.69, 9.17) is 11.5 Å². The van der Waals surface area contributed by atoms with Gasteiger partial charge < -0.3 is 21.7 Å². The molecule has 6 aliphatic rings. The van der Waals surface area contributed by atoms with Gasteiger partial charge in [-0.2, -0.15) is 0 Å². The van der Waals surface area contributed by atoms with Gasteiger partial charge in [0.15, 0.2) is 0 Å². The molecule has 4 bridgehead atoms. The van der Waals surface area contributed by atoms with E-state index in [1.165, 1.54) is 38.5 Å². The van der Waals surface area contributed by atoms with Crippen molar-refractivity contribution in [1.29, 1.82) is 0 Å². The molecule has 172 valence electrons. The zero-order valence-corrected chi connectivity index (χ0v) is 19.6. The predicted molar refractivity (Wildman–Crippen MR) is 120 cm³/mol. The lowest BCUT2D eigenvalue weighted by atomic mass is 9.36. The summed E-state index contributed by atoms with van der Waals surface area (Å²) in [5, 5.41) is 21.3. The van der Waals surface area contributed by atoms with Crippen molar-refractivity contribution in [1.82, 2.24) is 0 Å². The monoisotopic (exact) mass is 418 g/mol. The summed E-state index contributed by atoms with van der Waals surface area (Å²) in [7, 11) is 0. The number of nitrogens with two attached hydrogens (primary N) is 2. The quantitative estimate of drug-likeness (QED) is 0.552. The van der Waals surface area contributed by atoms with Crippen molar-refractivity contribution in [2.24, 2.45) is 69.6 Å². The van der Waals surface area contributed by atoms with E-state index in [0.29, 0.717) is 46.3 Å². The third-order valence-electron chi connectivity index (χ3n) is 11.4. The van der Waals surface area contributed by atoms with E-state index in [1.807, 2.05) is 0 Å². The third kappa shape index (κ3) is 2.99. The Morgan fingerprint density at radius 2 is 1.00 bits per heavy atom. The molecule has 6 aliphatic carbocycles. The average molecular weight is 419 g/mol. The van der Waals surface area contributed by atoms with Gasteiger partial charge in [0, 0.05) is 12.1 Å². The summed E-state index contributed by atoms with van der Waals surface area (Å²) in [5.41, 5.74) is 14.0. The maximum absolute atomic E-state index is 10.6. The van der Waals surface area contributed by atoms with Gasteiger partial charge in [-0.05, 0) is 110 Å². The summed E-state index contributed by atoms with van der Waals surface area (Å²) in [6.45, 7) is 9.08. The molecule has 0 aromatic rings. The first-order chi connectivity index (χ1) is 14.1. The highest BCUT2D eigenvalue weighted by Crippen LogP contribution is 2.72. The molecule has 0 radical (unpaired) electrons. The highest BCUT2D eigenvalue weighted by atomic mass is 16.3. The lowest BCUT2D eigenvalue weighted by Crippen LogP contribution is -2.64. The van der Waals surface area contributed by atoms with E-state index in [1.54, 1.807) is 0 Å². The summed E-state index contributed by atoms with van der Waals surface area (Å²) in [5.74, 6) is 4.43. The number of hydrogen-bond acceptors (Lipinski definition) is 4. The first kappa shape index (κ1) is 21.7. The standard InChI is InChI=1S/C26H46N2O2/c1-13-5-19(15(3)21(27)23(13)29)25-8-17-7-18(9-25)11-26(10-17,12-25)20-6-14(2)24(30)22(28)16(20)4/h13-24,29-30H,5-12,27-28H2,1-4H3. The molecule has 6 N–H and O–H groups in total. The van der Waals surface area contributed by atoms with Crippen LogP contribution in [0.15, 0.2) is 0 Å². The number of aliphatic hydroxyl groups excluding tert-OH is 2. The number of aliphatic hydroxyl groups is 2. The highest BCUT2D eigenvalue weighted by molar-refractivity contribution is 5.15. The zero-order valence-electron chi connectivity index (χ0n) is 19.6. The van der Waals surface area contributed by atoms with E-state index in [-0.39, 0.29) is 24.3 Å². The molecule has 6 saturated carbocycles. The number of rotatable bonds is 2. The molecule has 0 saturated heterocycles. The van der Waals surface area contributed by atoms with Gasteiger partial charge in [-0.25, -0.2) is 0 Å². The molecule has 30 heavy (non-hydrogen) atoms. The molecule has 0 aromatic heterocycles. The minimum absolute atomic E-state index is 0.0834. The van der Waals surface area contributed by atoms with Crippen molar-refractivity contribution >= 4 is 0 Å². The van der Waals surface area contributed by atoms with E-state index < -0.39 is 0 Å². The number of hydrogen-bond donors (Lipinski definition) is 4. The lowest BCUT2D eigenvalue weighted by molar-refractivity contribution is -0.198. The fourth-order valence-corrected chi connectivity index (χ4v) is 10.3. The second-order valence-electron chi connectivity index (χ2n) is 13.2. The van der Waals surface area contributed by atoms with Gasteiger partial charge in [0.2, 0.25) is 0 Å². The summed E-state index contributed by atoms with van der Waals surface area (Å²) in [6.07, 6.45) is 9.92. The van der Waals surface area contributed by atoms with Crippen LogP contribution in [0.25, 0.3) is 0 Å². The fraction of sp³-hybridized carbons (Fsp3) is 1.00. The normalized spacial score (nSPS) is 63.2. The van der Waals surface area contributed by atoms with E-state index in [0.717, 1.165) is 24.7 Å². The van der Waals surface area contributed by atoms with Gasteiger partial charge in [-0.1, -0.05) is 27.7 Å². The van der Waals surface area contributed by atoms with Crippen LogP contribution in [-0.2, 0) is 0 Å². The van der Waals surface area contributed by atoms with Crippen molar-refractivity contribution in [3.63, 3.8) is 0 Å².